The molecule has 29 heavy (non-hydrogen) atoms. The van der Waals surface area contributed by atoms with Crippen LogP contribution >= 0.6 is 0 Å². The highest BCUT2D eigenvalue weighted by Crippen LogP contribution is 2.30. The summed E-state index contributed by atoms with van der Waals surface area (Å²) in [4.78, 5) is 27.3. The number of rotatable bonds is 9. The number of H-pyrrole nitrogens is 1. The van der Waals surface area contributed by atoms with Gasteiger partial charge in [-0.05, 0) is 63.3 Å². The van der Waals surface area contributed by atoms with Gasteiger partial charge in [-0.15, -0.1) is 0 Å². The van der Waals surface area contributed by atoms with Gasteiger partial charge in [0, 0.05) is 18.0 Å². The highest BCUT2D eigenvalue weighted by atomic mass is 16.5. The van der Waals surface area contributed by atoms with Crippen molar-refractivity contribution in [3.63, 3.8) is 0 Å². The van der Waals surface area contributed by atoms with E-state index in [1.54, 1.807) is 13.0 Å². The van der Waals surface area contributed by atoms with E-state index in [1.165, 1.54) is 12.5 Å². The number of benzene rings is 1. The number of aromatic nitrogens is 1. The molecule has 1 heterocycles. The van der Waals surface area contributed by atoms with Gasteiger partial charge in [0.05, 0.1) is 17.5 Å². The molecule has 0 saturated heterocycles. The molecule has 6 nitrogen and oxygen atoms in total. The number of nitrogens with one attached hydrogen (secondary N) is 2. The molecule has 1 aromatic carbocycles. The van der Waals surface area contributed by atoms with Crippen molar-refractivity contribution in [2.75, 3.05) is 13.1 Å². The first-order valence-electron chi connectivity index (χ1n) is 10.8. The lowest BCUT2D eigenvalue weighted by Crippen LogP contribution is -2.25. The Morgan fingerprint density at radius 3 is 2.76 bits per heavy atom. The summed E-state index contributed by atoms with van der Waals surface area (Å²) in [7, 11) is 0. The number of fused-ring (bicyclic) bond motifs is 1. The Bertz CT molecular complexity index is 869. The van der Waals surface area contributed by atoms with Crippen LogP contribution in [-0.2, 0) is 11.2 Å². The summed E-state index contributed by atoms with van der Waals surface area (Å²) in [6.07, 6.45) is 7.62. The van der Waals surface area contributed by atoms with E-state index >= 15 is 0 Å². The SMILES string of the molecule is CC(O)CNCCCCc1ccc(OC(=O)C2CCCCC2)c2[nH]c(=O)ccc12. The molecule has 0 amide bonds. The number of hydrogen-bond acceptors (Lipinski definition) is 5. The van der Waals surface area contributed by atoms with Crippen LogP contribution in [0.15, 0.2) is 29.1 Å². The number of hydrogen-bond donors (Lipinski definition) is 3. The number of ether oxygens (including phenoxy) is 1. The molecular formula is C23H32N2O4. The second-order valence-corrected chi connectivity index (χ2v) is 8.10. The fourth-order valence-electron chi connectivity index (χ4n) is 4.00. The maximum absolute atomic E-state index is 12.6. The number of esters is 1. The Morgan fingerprint density at radius 1 is 1.21 bits per heavy atom. The minimum Gasteiger partial charge on any atom is -0.424 e. The largest absolute Gasteiger partial charge is 0.424 e. The monoisotopic (exact) mass is 400 g/mol. The van der Waals surface area contributed by atoms with Gasteiger partial charge < -0.3 is 20.1 Å². The molecule has 1 saturated carbocycles. The Morgan fingerprint density at radius 2 is 2.00 bits per heavy atom. The number of pyridine rings is 1. The number of carbonyl (C=O) groups excluding carboxylic acids is 1. The van der Waals surface area contributed by atoms with Crippen LogP contribution in [0, 0.1) is 5.92 Å². The quantitative estimate of drug-likeness (QED) is 0.341. The molecule has 0 aliphatic heterocycles. The Balaban J connectivity index is 1.68. The third kappa shape index (κ3) is 6.15. The molecule has 3 N–H and O–H groups in total. The van der Waals surface area contributed by atoms with Crippen molar-refractivity contribution in [1.82, 2.24) is 10.3 Å². The summed E-state index contributed by atoms with van der Waals surface area (Å²) < 4.78 is 5.71. The van der Waals surface area contributed by atoms with Crippen LogP contribution in [0.2, 0.25) is 0 Å². The highest BCUT2D eigenvalue weighted by molar-refractivity contribution is 5.89. The first kappa shape index (κ1) is 21.5. The second kappa shape index (κ2) is 10.6. The van der Waals surface area contributed by atoms with E-state index in [0.29, 0.717) is 17.8 Å². The number of carbonyl (C=O) groups is 1. The lowest BCUT2D eigenvalue weighted by atomic mass is 9.89. The van der Waals surface area contributed by atoms with Gasteiger partial charge in [0.2, 0.25) is 5.56 Å². The molecule has 1 aromatic heterocycles. The van der Waals surface area contributed by atoms with Gasteiger partial charge in [0.25, 0.3) is 0 Å². The van der Waals surface area contributed by atoms with Gasteiger partial charge in [0.1, 0.15) is 0 Å². The lowest BCUT2D eigenvalue weighted by molar-refractivity contribution is -0.139. The molecule has 1 aliphatic carbocycles. The summed E-state index contributed by atoms with van der Waals surface area (Å²) in [6, 6.07) is 7.13. The van der Waals surface area contributed by atoms with Crippen LogP contribution in [0.4, 0.5) is 0 Å². The van der Waals surface area contributed by atoms with Crippen molar-refractivity contribution < 1.29 is 14.6 Å². The third-order valence-corrected chi connectivity index (χ3v) is 5.59. The summed E-state index contributed by atoms with van der Waals surface area (Å²) in [6.45, 7) is 3.23. The van der Waals surface area contributed by atoms with Crippen LogP contribution in [0.3, 0.4) is 0 Å². The molecule has 3 rings (SSSR count). The van der Waals surface area contributed by atoms with Crippen LogP contribution < -0.4 is 15.6 Å². The summed E-state index contributed by atoms with van der Waals surface area (Å²) in [5, 5.41) is 13.4. The van der Waals surface area contributed by atoms with E-state index in [2.05, 4.69) is 10.3 Å². The number of aromatic amines is 1. The zero-order chi connectivity index (χ0) is 20.6. The summed E-state index contributed by atoms with van der Waals surface area (Å²) >= 11 is 0. The van der Waals surface area contributed by atoms with E-state index in [-0.39, 0.29) is 23.6 Å². The van der Waals surface area contributed by atoms with Gasteiger partial charge in [0.15, 0.2) is 5.75 Å². The van der Waals surface area contributed by atoms with Crippen molar-refractivity contribution in [1.29, 1.82) is 0 Å². The van der Waals surface area contributed by atoms with E-state index in [9.17, 15) is 14.7 Å². The van der Waals surface area contributed by atoms with Gasteiger partial charge in [-0.3, -0.25) is 9.59 Å². The number of aliphatic hydroxyl groups is 1. The van der Waals surface area contributed by atoms with Gasteiger partial charge in [-0.2, -0.15) is 0 Å². The molecule has 1 atom stereocenters. The smallest absolute Gasteiger partial charge is 0.314 e. The number of aryl methyl sites for hydroxylation is 1. The predicted molar refractivity (Wildman–Crippen MR) is 114 cm³/mol. The maximum atomic E-state index is 12.6. The first-order valence-corrected chi connectivity index (χ1v) is 10.8. The fraction of sp³-hybridized carbons (Fsp3) is 0.565. The summed E-state index contributed by atoms with van der Waals surface area (Å²) in [5.41, 5.74) is 1.53. The van der Waals surface area contributed by atoms with Crippen molar-refractivity contribution in [2.24, 2.45) is 5.92 Å². The minimum atomic E-state index is -0.334. The van der Waals surface area contributed by atoms with Crippen molar-refractivity contribution >= 4 is 16.9 Å². The first-order chi connectivity index (χ1) is 14.0. The van der Waals surface area contributed by atoms with Crippen LogP contribution in [0.5, 0.6) is 5.75 Å². The highest BCUT2D eigenvalue weighted by Gasteiger charge is 2.24. The van der Waals surface area contributed by atoms with E-state index in [4.69, 9.17) is 4.74 Å². The molecule has 0 spiro atoms. The summed E-state index contributed by atoms with van der Waals surface area (Å²) in [5.74, 6) is 0.214. The molecule has 1 fully saturated rings. The zero-order valence-electron chi connectivity index (χ0n) is 17.2. The van der Waals surface area contributed by atoms with E-state index < -0.39 is 0 Å². The van der Waals surface area contributed by atoms with Crippen molar-refractivity contribution in [2.45, 2.75) is 64.4 Å². The van der Waals surface area contributed by atoms with Gasteiger partial charge in [-0.25, -0.2) is 0 Å². The molecule has 0 bridgehead atoms. The third-order valence-electron chi connectivity index (χ3n) is 5.59. The average Bonchev–Trinajstić information content (AvgIpc) is 2.72. The predicted octanol–water partition coefficient (Wildman–Crippen LogP) is 3.31. The van der Waals surface area contributed by atoms with Crippen molar-refractivity contribution in [3.8, 4) is 5.75 Å². The topological polar surface area (TPSA) is 91.4 Å². The minimum absolute atomic E-state index is 0.0388. The molecular weight excluding hydrogens is 368 g/mol. The fourth-order valence-corrected chi connectivity index (χ4v) is 4.00. The molecule has 1 aliphatic rings. The molecule has 2 aromatic rings. The van der Waals surface area contributed by atoms with Gasteiger partial charge in [-0.1, -0.05) is 25.3 Å². The maximum Gasteiger partial charge on any atom is 0.314 e. The van der Waals surface area contributed by atoms with Crippen LogP contribution in [0.1, 0.15) is 57.4 Å². The molecule has 0 radical (unpaired) electrons. The number of aliphatic hydroxyl groups excluding tert-OH is 1. The molecule has 1 unspecified atom stereocenters. The Labute approximate surface area is 171 Å². The average molecular weight is 401 g/mol. The lowest BCUT2D eigenvalue weighted by Gasteiger charge is -2.20. The van der Waals surface area contributed by atoms with Crippen LogP contribution in [0.25, 0.3) is 10.9 Å². The molecule has 158 valence electrons. The van der Waals surface area contributed by atoms with Crippen molar-refractivity contribution in [3.05, 3.63) is 40.2 Å². The molecule has 6 heteroatoms. The van der Waals surface area contributed by atoms with Gasteiger partial charge >= 0.3 is 5.97 Å². The standard InChI is InChI=1S/C23H32N2O4/c1-16(26)15-24-14-6-5-7-17-10-12-20(22-19(17)11-13-21(27)25-22)29-23(28)18-8-3-2-4-9-18/h10-13,16,18,24,26H,2-9,14-15H2,1H3,(H,25,27). The Kier molecular flexibility index (Phi) is 7.83. The van der Waals surface area contributed by atoms with Crippen LogP contribution in [-0.4, -0.2) is 35.3 Å². The second-order valence-electron chi connectivity index (χ2n) is 8.10. The van der Waals surface area contributed by atoms with E-state index in [0.717, 1.165) is 62.4 Å². The number of unbranched alkanes of at least 4 members (excludes halogenated alkanes) is 1. The zero-order valence-corrected chi connectivity index (χ0v) is 17.2. The Hall–Kier alpha value is -2.18. The van der Waals surface area contributed by atoms with E-state index in [1.807, 2.05) is 12.1 Å². The normalized spacial score (nSPS) is 16.1.